The van der Waals surface area contributed by atoms with Crippen molar-refractivity contribution in [1.82, 2.24) is 19.8 Å². The number of aromatic nitrogens is 2. The first kappa shape index (κ1) is 18.9. The Balaban J connectivity index is 1.29. The number of nitrogens with two attached hydrogens (primary N) is 1. The second kappa shape index (κ2) is 8.31. The summed E-state index contributed by atoms with van der Waals surface area (Å²) in [6.45, 7) is 1.72. The zero-order valence-electron chi connectivity index (χ0n) is 16.2. The second-order valence-corrected chi connectivity index (χ2v) is 8.19. The minimum absolute atomic E-state index is 0.0385. The molecule has 1 saturated heterocycles. The first-order chi connectivity index (χ1) is 13.6. The number of carbonyl (C=O) groups is 2. The summed E-state index contributed by atoms with van der Waals surface area (Å²) < 4.78 is 2.29. The Morgan fingerprint density at radius 3 is 2.79 bits per heavy atom. The van der Waals surface area contributed by atoms with Crippen LogP contribution in [-0.4, -0.2) is 51.9 Å². The number of likely N-dealkylation sites (tertiary alicyclic amines) is 1. The Kier molecular flexibility index (Phi) is 5.62. The smallest absolute Gasteiger partial charge is 0.231 e. The molecule has 2 aromatic rings. The highest BCUT2D eigenvalue weighted by atomic mass is 16.2. The predicted octanol–water partition coefficient (Wildman–Crippen LogP) is 1.83. The molecule has 1 atom stereocenters. The fourth-order valence-electron chi connectivity index (χ4n) is 4.73. The molecule has 2 aliphatic rings. The van der Waals surface area contributed by atoms with Crippen LogP contribution < -0.4 is 11.1 Å². The average Bonchev–Trinajstić information content (AvgIpc) is 3.12. The van der Waals surface area contributed by atoms with Gasteiger partial charge in [0.05, 0.1) is 12.5 Å². The molecule has 150 valence electrons. The molecule has 1 saturated carbocycles. The minimum atomic E-state index is -0.327. The van der Waals surface area contributed by atoms with Gasteiger partial charge in [0.15, 0.2) is 0 Å². The molecule has 7 nitrogen and oxygen atoms in total. The van der Waals surface area contributed by atoms with Crippen LogP contribution in [0.25, 0.3) is 11.0 Å². The molecule has 3 heterocycles. The third kappa shape index (κ3) is 4.19. The van der Waals surface area contributed by atoms with E-state index >= 15 is 0 Å². The summed E-state index contributed by atoms with van der Waals surface area (Å²) in [7, 11) is 0. The van der Waals surface area contributed by atoms with Crippen LogP contribution in [-0.2, 0) is 9.59 Å². The number of carbonyl (C=O) groups excluding carboxylic acids is 2. The zero-order valence-corrected chi connectivity index (χ0v) is 16.2. The number of primary amides is 1. The van der Waals surface area contributed by atoms with Crippen LogP contribution in [0, 0.1) is 5.92 Å². The summed E-state index contributed by atoms with van der Waals surface area (Å²) in [6, 6.07) is 6.87. The molecule has 4 rings (SSSR count). The number of pyridine rings is 1. The highest BCUT2D eigenvalue weighted by molar-refractivity contribution is 5.80. The SMILES string of the molecule is NC(=O)CN1CCCC(C(=O)NC2CCC(n3ccc4cccnc43)CC2)C1. The van der Waals surface area contributed by atoms with E-state index < -0.39 is 0 Å². The van der Waals surface area contributed by atoms with Crippen molar-refractivity contribution in [2.75, 3.05) is 19.6 Å². The Labute approximate surface area is 165 Å². The van der Waals surface area contributed by atoms with Crippen molar-refractivity contribution in [2.24, 2.45) is 11.7 Å². The lowest BCUT2D eigenvalue weighted by Crippen LogP contribution is -2.48. The van der Waals surface area contributed by atoms with E-state index in [1.54, 1.807) is 0 Å². The van der Waals surface area contributed by atoms with Gasteiger partial charge in [-0.05, 0) is 63.3 Å². The molecule has 1 aliphatic carbocycles. The highest BCUT2D eigenvalue weighted by Crippen LogP contribution is 2.31. The van der Waals surface area contributed by atoms with Gasteiger partial charge in [-0.3, -0.25) is 14.5 Å². The Bertz CT molecular complexity index is 840. The van der Waals surface area contributed by atoms with Crippen LogP contribution in [0.4, 0.5) is 0 Å². The van der Waals surface area contributed by atoms with Gasteiger partial charge in [-0.25, -0.2) is 4.98 Å². The third-order valence-electron chi connectivity index (χ3n) is 6.17. The molecule has 1 aliphatic heterocycles. The summed E-state index contributed by atoms with van der Waals surface area (Å²) >= 11 is 0. The molecule has 3 N–H and O–H groups in total. The maximum Gasteiger partial charge on any atom is 0.231 e. The topological polar surface area (TPSA) is 93.3 Å². The molecule has 2 amide bonds. The number of hydrogen-bond donors (Lipinski definition) is 2. The minimum Gasteiger partial charge on any atom is -0.369 e. The van der Waals surface area contributed by atoms with Gasteiger partial charge < -0.3 is 15.6 Å². The normalized spacial score (nSPS) is 26.2. The standard InChI is InChI=1S/C21H29N5O2/c22-19(27)14-25-11-2-4-16(13-25)21(28)24-17-5-7-18(8-6-17)26-12-9-15-3-1-10-23-20(15)26/h1,3,9-10,12,16-18H,2,4-8,11,13-14H2,(H2,22,27)(H,24,28). The monoisotopic (exact) mass is 383 g/mol. The number of nitrogens with zero attached hydrogens (tertiary/aromatic N) is 3. The van der Waals surface area contributed by atoms with Crippen molar-refractivity contribution in [3.63, 3.8) is 0 Å². The summed E-state index contributed by atoms with van der Waals surface area (Å²) in [5, 5.41) is 4.44. The van der Waals surface area contributed by atoms with E-state index in [9.17, 15) is 9.59 Å². The molecular weight excluding hydrogens is 354 g/mol. The molecule has 0 radical (unpaired) electrons. The van der Waals surface area contributed by atoms with E-state index in [0.29, 0.717) is 12.6 Å². The first-order valence-electron chi connectivity index (χ1n) is 10.3. The van der Waals surface area contributed by atoms with Gasteiger partial charge in [-0.15, -0.1) is 0 Å². The van der Waals surface area contributed by atoms with Crippen molar-refractivity contribution in [3.8, 4) is 0 Å². The second-order valence-electron chi connectivity index (χ2n) is 8.19. The van der Waals surface area contributed by atoms with E-state index in [1.165, 1.54) is 5.39 Å². The fourth-order valence-corrected chi connectivity index (χ4v) is 4.73. The Morgan fingerprint density at radius 1 is 1.18 bits per heavy atom. The van der Waals surface area contributed by atoms with Crippen LogP contribution >= 0.6 is 0 Å². The molecule has 2 aromatic heterocycles. The van der Waals surface area contributed by atoms with E-state index in [2.05, 4.69) is 33.2 Å². The molecule has 0 aromatic carbocycles. The van der Waals surface area contributed by atoms with Crippen molar-refractivity contribution in [1.29, 1.82) is 0 Å². The van der Waals surface area contributed by atoms with Crippen molar-refractivity contribution in [3.05, 3.63) is 30.6 Å². The highest BCUT2D eigenvalue weighted by Gasteiger charge is 2.30. The molecule has 0 bridgehead atoms. The van der Waals surface area contributed by atoms with Crippen LogP contribution in [0.3, 0.4) is 0 Å². The summed E-state index contributed by atoms with van der Waals surface area (Å²) in [6.07, 6.45) is 9.87. The predicted molar refractivity (Wildman–Crippen MR) is 108 cm³/mol. The van der Waals surface area contributed by atoms with Crippen molar-refractivity contribution < 1.29 is 9.59 Å². The first-order valence-corrected chi connectivity index (χ1v) is 10.3. The number of fused-ring (bicyclic) bond motifs is 1. The summed E-state index contributed by atoms with van der Waals surface area (Å²) in [5.41, 5.74) is 6.34. The lowest BCUT2D eigenvalue weighted by atomic mass is 9.90. The fraction of sp³-hybridized carbons (Fsp3) is 0.571. The van der Waals surface area contributed by atoms with Crippen LogP contribution in [0.15, 0.2) is 30.6 Å². The van der Waals surface area contributed by atoms with Gasteiger partial charge in [-0.1, -0.05) is 0 Å². The maximum atomic E-state index is 12.7. The van der Waals surface area contributed by atoms with Crippen molar-refractivity contribution >= 4 is 22.8 Å². The lowest BCUT2D eigenvalue weighted by Gasteiger charge is -2.34. The van der Waals surface area contributed by atoms with Gasteiger partial charge in [0.25, 0.3) is 0 Å². The van der Waals surface area contributed by atoms with Crippen LogP contribution in [0.2, 0.25) is 0 Å². The third-order valence-corrected chi connectivity index (χ3v) is 6.17. The zero-order chi connectivity index (χ0) is 19.5. The molecular formula is C21H29N5O2. The number of nitrogens with one attached hydrogen (secondary N) is 1. The van der Waals surface area contributed by atoms with E-state index in [1.807, 2.05) is 17.2 Å². The number of amides is 2. The molecule has 28 heavy (non-hydrogen) atoms. The van der Waals surface area contributed by atoms with Crippen molar-refractivity contribution in [2.45, 2.75) is 50.6 Å². The Hall–Kier alpha value is -2.41. The number of piperidine rings is 1. The molecule has 2 fully saturated rings. The average molecular weight is 383 g/mol. The Morgan fingerprint density at radius 2 is 2.00 bits per heavy atom. The number of rotatable bonds is 5. The maximum absolute atomic E-state index is 12.7. The lowest BCUT2D eigenvalue weighted by molar-refractivity contribution is -0.129. The van der Waals surface area contributed by atoms with Gasteiger partial charge in [-0.2, -0.15) is 0 Å². The van der Waals surface area contributed by atoms with Gasteiger partial charge in [0.1, 0.15) is 5.65 Å². The molecule has 7 heteroatoms. The van der Waals surface area contributed by atoms with E-state index in [4.69, 9.17) is 5.73 Å². The molecule has 1 unspecified atom stereocenters. The van der Waals surface area contributed by atoms with E-state index in [0.717, 1.165) is 50.7 Å². The summed E-state index contributed by atoms with van der Waals surface area (Å²) in [5.74, 6) is -0.236. The molecule has 0 spiro atoms. The van der Waals surface area contributed by atoms with Crippen LogP contribution in [0.1, 0.15) is 44.6 Å². The van der Waals surface area contributed by atoms with Gasteiger partial charge >= 0.3 is 0 Å². The summed E-state index contributed by atoms with van der Waals surface area (Å²) in [4.78, 5) is 30.4. The van der Waals surface area contributed by atoms with Crippen LogP contribution in [0.5, 0.6) is 0 Å². The quantitative estimate of drug-likeness (QED) is 0.824. The number of hydrogen-bond acceptors (Lipinski definition) is 4. The largest absolute Gasteiger partial charge is 0.369 e. The van der Waals surface area contributed by atoms with Gasteiger partial charge in [0.2, 0.25) is 11.8 Å². The van der Waals surface area contributed by atoms with Gasteiger partial charge in [0, 0.05) is 36.4 Å². The van der Waals surface area contributed by atoms with E-state index in [-0.39, 0.29) is 30.3 Å².